The van der Waals surface area contributed by atoms with Crippen molar-refractivity contribution < 1.29 is 4.74 Å². The van der Waals surface area contributed by atoms with Gasteiger partial charge in [0.25, 0.3) is 0 Å². The fourth-order valence-corrected chi connectivity index (χ4v) is 4.82. The van der Waals surface area contributed by atoms with E-state index < -0.39 is 0 Å². The lowest BCUT2D eigenvalue weighted by Crippen LogP contribution is -2.23. The van der Waals surface area contributed by atoms with E-state index in [4.69, 9.17) is 4.74 Å². The normalized spacial score (nSPS) is 31.0. The van der Waals surface area contributed by atoms with Gasteiger partial charge in [-0.2, -0.15) is 0 Å². The second kappa shape index (κ2) is 12.1. The molecule has 0 radical (unpaired) electrons. The second-order valence-electron chi connectivity index (χ2n) is 8.55. The molecule has 0 N–H and O–H groups in total. The van der Waals surface area contributed by atoms with Crippen LogP contribution in [0.4, 0.5) is 0 Å². The van der Waals surface area contributed by atoms with Gasteiger partial charge < -0.3 is 4.74 Å². The summed E-state index contributed by atoms with van der Waals surface area (Å²) in [4.78, 5) is 0. The van der Waals surface area contributed by atoms with Crippen LogP contribution < -0.4 is 0 Å². The van der Waals surface area contributed by atoms with Crippen molar-refractivity contribution in [2.45, 2.75) is 109 Å². The molecule has 0 amide bonds. The molecule has 0 bridgehead atoms. The molecule has 1 nitrogen and oxygen atoms in total. The third kappa shape index (κ3) is 7.72. The van der Waals surface area contributed by atoms with E-state index in [1.54, 1.807) is 0 Å². The first kappa shape index (κ1) is 20.0. The molecule has 2 aliphatic rings. The van der Waals surface area contributed by atoms with Crippen LogP contribution in [0.15, 0.2) is 12.7 Å². The Hall–Kier alpha value is -0.300. The minimum Gasteiger partial charge on any atom is -0.378 e. The molecule has 0 aromatic carbocycles. The van der Waals surface area contributed by atoms with Crippen LogP contribution >= 0.6 is 0 Å². The highest BCUT2D eigenvalue weighted by molar-refractivity contribution is 4.78. The lowest BCUT2D eigenvalue weighted by molar-refractivity contribution is 0.0146. The van der Waals surface area contributed by atoms with Gasteiger partial charge in [-0.05, 0) is 62.7 Å². The zero-order chi connectivity index (χ0) is 17.0. The van der Waals surface area contributed by atoms with Gasteiger partial charge in [-0.1, -0.05) is 64.4 Å². The summed E-state index contributed by atoms with van der Waals surface area (Å²) in [6, 6.07) is 0. The third-order valence-electron chi connectivity index (χ3n) is 6.62. The molecular formula is C23H42O. The number of ether oxygens (including phenoxy) is 1. The number of allylic oxidation sites excluding steroid dienone is 1. The van der Waals surface area contributed by atoms with E-state index in [9.17, 15) is 0 Å². The number of hydrogen-bond donors (Lipinski definition) is 0. The molecule has 1 heteroatoms. The molecule has 2 rings (SSSR count). The van der Waals surface area contributed by atoms with E-state index in [-0.39, 0.29) is 0 Å². The monoisotopic (exact) mass is 334 g/mol. The summed E-state index contributed by atoms with van der Waals surface area (Å²) in [6.45, 7) is 7.12. The van der Waals surface area contributed by atoms with Crippen LogP contribution in [0.25, 0.3) is 0 Å². The molecule has 0 spiro atoms. The van der Waals surface area contributed by atoms with Gasteiger partial charge in [0.15, 0.2) is 0 Å². The predicted octanol–water partition coefficient (Wildman–Crippen LogP) is 7.30. The van der Waals surface area contributed by atoms with Crippen molar-refractivity contribution in [3.05, 3.63) is 12.7 Å². The maximum Gasteiger partial charge on any atom is 0.0575 e. The lowest BCUT2D eigenvalue weighted by atomic mass is 9.76. The third-order valence-corrected chi connectivity index (χ3v) is 6.62. The SMILES string of the molecule is C=CCC[C@H]1CC[C@H](CC[C@H]2CC[C@H](OCCCCC)CC2)CC1. The molecule has 24 heavy (non-hydrogen) atoms. The van der Waals surface area contributed by atoms with Crippen molar-refractivity contribution in [3.63, 3.8) is 0 Å². The van der Waals surface area contributed by atoms with Gasteiger partial charge in [0.1, 0.15) is 0 Å². The van der Waals surface area contributed by atoms with Crippen LogP contribution in [-0.4, -0.2) is 12.7 Å². The zero-order valence-corrected chi connectivity index (χ0v) is 16.3. The van der Waals surface area contributed by atoms with Gasteiger partial charge in [-0.15, -0.1) is 6.58 Å². The molecule has 0 saturated heterocycles. The molecule has 0 heterocycles. The minimum atomic E-state index is 0.582. The number of hydrogen-bond acceptors (Lipinski definition) is 1. The number of rotatable bonds is 11. The van der Waals surface area contributed by atoms with E-state index in [1.165, 1.54) is 96.3 Å². The first-order valence-electron chi connectivity index (χ1n) is 11.0. The highest BCUT2D eigenvalue weighted by atomic mass is 16.5. The van der Waals surface area contributed by atoms with E-state index in [2.05, 4.69) is 19.6 Å². The Kier molecular flexibility index (Phi) is 10.1. The Morgan fingerprint density at radius 3 is 1.88 bits per heavy atom. The fourth-order valence-electron chi connectivity index (χ4n) is 4.82. The molecule has 0 aromatic rings. The molecule has 2 saturated carbocycles. The molecule has 140 valence electrons. The Balaban J connectivity index is 1.50. The van der Waals surface area contributed by atoms with Crippen molar-refractivity contribution in [2.75, 3.05) is 6.61 Å². The second-order valence-corrected chi connectivity index (χ2v) is 8.55. The molecule has 0 unspecified atom stereocenters. The van der Waals surface area contributed by atoms with Gasteiger partial charge in [0.2, 0.25) is 0 Å². The fraction of sp³-hybridized carbons (Fsp3) is 0.913. The number of unbranched alkanes of at least 4 members (excludes halogenated alkanes) is 2. The van der Waals surface area contributed by atoms with Gasteiger partial charge in [0.05, 0.1) is 6.10 Å². The van der Waals surface area contributed by atoms with Crippen LogP contribution in [0.2, 0.25) is 0 Å². The predicted molar refractivity (Wildman–Crippen MR) is 105 cm³/mol. The summed E-state index contributed by atoms with van der Waals surface area (Å²) in [7, 11) is 0. The molecule has 2 aliphatic carbocycles. The Labute approximate surface area is 151 Å². The summed E-state index contributed by atoms with van der Waals surface area (Å²) >= 11 is 0. The van der Waals surface area contributed by atoms with Gasteiger partial charge >= 0.3 is 0 Å². The average Bonchev–Trinajstić information content (AvgIpc) is 2.64. The van der Waals surface area contributed by atoms with Crippen molar-refractivity contribution in [2.24, 2.45) is 17.8 Å². The maximum absolute atomic E-state index is 6.06. The molecule has 0 aliphatic heterocycles. The lowest BCUT2D eigenvalue weighted by Gasteiger charge is -2.32. The van der Waals surface area contributed by atoms with Gasteiger partial charge in [-0.3, -0.25) is 0 Å². The molecular weight excluding hydrogens is 292 g/mol. The molecule has 2 fully saturated rings. The van der Waals surface area contributed by atoms with Crippen LogP contribution in [0.5, 0.6) is 0 Å². The summed E-state index contributed by atoms with van der Waals surface area (Å²) < 4.78 is 6.06. The highest BCUT2D eigenvalue weighted by Gasteiger charge is 2.24. The minimum absolute atomic E-state index is 0.582. The summed E-state index contributed by atoms with van der Waals surface area (Å²) in [5.41, 5.74) is 0. The van der Waals surface area contributed by atoms with Gasteiger partial charge in [0, 0.05) is 6.61 Å². The summed E-state index contributed by atoms with van der Waals surface area (Å²) in [5, 5.41) is 0. The van der Waals surface area contributed by atoms with Crippen molar-refractivity contribution in [1.82, 2.24) is 0 Å². The topological polar surface area (TPSA) is 9.23 Å². The maximum atomic E-state index is 6.06. The van der Waals surface area contributed by atoms with Crippen LogP contribution in [-0.2, 0) is 4.74 Å². The van der Waals surface area contributed by atoms with Crippen molar-refractivity contribution in [3.8, 4) is 0 Å². The molecule has 0 aromatic heterocycles. The standard InChI is InChI=1S/C23H42O/c1-3-5-7-19-24-23-17-15-22(16-18-23)14-13-21-11-9-20(10-12-21)8-6-4-2/h4,20-23H,2-3,5-19H2,1H3/t20-,21-,22-,23-. The van der Waals surface area contributed by atoms with Crippen LogP contribution in [0, 0.1) is 17.8 Å². The molecule has 0 atom stereocenters. The van der Waals surface area contributed by atoms with Crippen LogP contribution in [0.1, 0.15) is 103 Å². The smallest absolute Gasteiger partial charge is 0.0575 e. The largest absolute Gasteiger partial charge is 0.378 e. The Bertz CT molecular complexity index is 308. The Morgan fingerprint density at radius 2 is 1.33 bits per heavy atom. The average molecular weight is 335 g/mol. The Morgan fingerprint density at radius 1 is 0.792 bits per heavy atom. The highest BCUT2D eigenvalue weighted by Crippen LogP contribution is 2.37. The van der Waals surface area contributed by atoms with Crippen molar-refractivity contribution >= 4 is 0 Å². The zero-order valence-electron chi connectivity index (χ0n) is 16.3. The van der Waals surface area contributed by atoms with Gasteiger partial charge in [-0.25, -0.2) is 0 Å². The first-order chi connectivity index (χ1) is 11.8. The van der Waals surface area contributed by atoms with E-state index in [0.717, 1.165) is 24.4 Å². The van der Waals surface area contributed by atoms with Crippen LogP contribution in [0.3, 0.4) is 0 Å². The van der Waals surface area contributed by atoms with Crippen molar-refractivity contribution in [1.29, 1.82) is 0 Å². The summed E-state index contributed by atoms with van der Waals surface area (Å²) in [5.74, 6) is 3.03. The quantitative estimate of drug-likeness (QED) is 0.284. The summed E-state index contributed by atoms with van der Waals surface area (Å²) in [6.07, 6.45) is 23.6. The van der Waals surface area contributed by atoms with E-state index >= 15 is 0 Å². The van der Waals surface area contributed by atoms with E-state index in [1.807, 2.05) is 0 Å². The van der Waals surface area contributed by atoms with E-state index in [0.29, 0.717) is 6.10 Å². The first-order valence-corrected chi connectivity index (χ1v) is 11.0.